The molecule has 7 nitrogen and oxygen atoms in total. The Bertz CT molecular complexity index is 1280. The highest BCUT2D eigenvalue weighted by molar-refractivity contribution is 7.91. The van der Waals surface area contributed by atoms with E-state index in [1.165, 1.54) is 30.3 Å². The molecule has 3 rings (SSSR count). The topological polar surface area (TPSA) is 124 Å². The number of aliphatic hydroxyl groups excluding tert-OH is 1. The molecule has 0 bridgehead atoms. The molecule has 0 fully saturated rings. The number of sulfone groups is 1. The first kappa shape index (κ1) is 26.7. The van der Waals surface area contributed by atoms with Crippen LogP contribution in [0.3, 0.4) is 0 Å². The molecule has 0 spiro atoms. The van der Waals surface area contributed by atoms with Crippen LogP contribution < -0.4 is 5.32 Å². The van der Waals surface area contributed by atoms with Crippen LogP contribution in [0.2, 0.25) is 5.02 Å². The van der Waals surface area contributed by atoms with Gasteiger partial charge in [-0.05, 0) is 73.0 Å². The van der Waals surface area contributed by atoms with Crippen molar-refractivity contribution >= 4 is 27.4 Å². The zero-order valence-electron chi connectivity index (χ0n) is 19.2. The Balaban J connectivity index is 1.64. The summed E-state index contributed by atoms with van der Waals surface area (Å²) < 4.78 is 26.2. The number of rotatable bonds is 11. The SMILES string of the molecule is CCC(C(=O)O)c1cc(S(=O)(=O)c2ccc(CCNC[C@H](O)c3cccc(Cl)c3)cc2)ccc1O. The van der Waals surface area contributed by atoms with E-state index in [4.69, 9.17) is 11.6 Å². The summed E-state index contributed by atoms with van der Waals surface area (Å²) in [6, 6.07) is 17.2. The maximum Gasteiger partial charge on any atom is 0.311 e. The van der Waals surface area contributed by atoms with Crippen molar-refractivity contribution in [2.24, 2.45) is 0 Å². The van der Waals surface area contributed by atoms with Gasteiger partial charge in [0, 0.05) is 17.1 Å². The molecule has 0 radical (unpaired) electrons. The lowest BCUT2D eigenvalue weighted by Crippen LogP contribution is -2.23. The zero-order valence-corrected chi connectivity index (χ0v) is 20.8. The Morgan fingerprint density at radius 2 is 1.71 bits per heavy atom. The van der Waals surface area contributed by atoms with Gasteiger partial charge in [0.15, 0.2) is 0 Å². The minimum atomic E-state index is -3.90. The van der Waals surface area contributed by atoms with Crippen LogP contribution in [0, 0.1) is 0 Å². The van der Waals surface area contributed by atoms with Gasteiger partial charge < -0.3 is 20.6 Å². The lowest BCUT2D eigenvalue weighted by atomic mass is 9.96. The van der Waals surface area contributed by atoms with Gasteiger partial charge in [-0.1, -0.05) is 42.8 Å². The second-order valence-corrected chi connectivity index (χ2v) is 10.6. The van der Waals surface area contributed by atoms with Gasteiger partial charge in [-0.25, -0.2) is 8.42 Å². The van der Waals surface area contributed by atoms with Crippen molar-refractivity contribution in [3.8, 4) is 5.75 Å². The smallest absolute Gasteiger partial charge is 0.311 e. The summed E-state index contributed by atoms with van der Waals surface area (Å²) >= 11 is 5.95. The molecule has 0 heterocycles. The zero-order chi connectivity index (χ0) is 25.6. The van der Waals surface area contributed by atoms with E-state index in [1.54, 1.807) is 43.3 Å². The van der Waals surface area contributed by atoms with Crippen LogP contribution >= 0.6 is 11.6 Å². The van der Waals surface area contributed by atoms with Crippen LogP contribution in [0.15, 0.2) is 76.5 Å². The number of nitrogens with one attached hydrogen (secondary N) is 1. The van der Waals surface area contributed by atoms with Gasteiger partial charge in [0.1, 0.15) is 5.75 Å². The third-order valence-corrected chi connectivity index (χ3v) is 7.79. The monoisotopic (exact) mass is 517 g/mol. The Labute approximate surface area is 209 Å². The minimum absolute atomic E-state index is 0.0729. The molecule has 3 aromatic carbocycles. The first-order valence-corrected chi connectivity index (χ1v) is 13.0. The second kappa shape index (κ2) is 11.7. The summed E-state index contributed by atoms with van der Waals surface area (Å²) in [7, 11) is -3.90. The summed E-state index contributed by atoms with van der Waals surface area (Å²) in [5, 5.41) is 33.5. The fourth-order valence-electron chi connectivity index (χ4n) is 3.78. The van der Waals surface area contributed by atoms with Crippen LogP contribution in [0.25, 0.3) is 0 Å². The largest absolute Gasteiger partial charge is 0.508 e. The van der Waals surface area contributed by atoms with Crippen molar-refractivity contribution in [1.29, 1.82) is 0 Å². The number of benzene rings is 3. The number of aliphatic hydroxyl groups is 1. The third kappa shape index (κ3) is 6.61. The van der Waals surface area contributed by atoms with Crippen LogP contribution in [0.4, 0.5) is 0 Å². The number of aromatic hydroxyl groups is 1. The van der Waals surface area contributed by atoms with Gasteiger partial charge >= 0.3 is 5.97 Å². The highest BCUT2D eigenvalue weighted by atomic mass is 35.5. The molecular formula is C26H28ClNO6S. The van der Waals surface area contributed by atoms with Crippen LogP contribution in [0.5, 0.6) is 5.75 Å². The van der Waals surface area contributed by atoms with E-state index in [0.29, 0.717) is 24.5 Å². The van der Waals surface area contributed by atoms with Crippen molar-refractivity contribution in [2.75, 3.05) is 13.1 Å². The van der Waals surface area contributed by atoms with Gasteiger partial charge in [0.25, 0.3) is 0 Å². The third-order valence-electron chi connectivity index (χ3n) is 5.79. The van der Waals surface area contributed by atoms with E-state index < -0.39 is 27.8 Å². The van der Waals surface area contributed by atoms with Gasteiger partial charge in [0.2, 0.25) is 9.84 Å². The highest BCUT2D eigenvalue weighted by Gasteiger charge is 2.25. The molecule has 0 amide bonds. The van der Waals surface area contributed by atoms with E-state index in [1.807, 2.05) is 0 Å². The van der Waals surface area contributed by atoms with Crippen molar-refractivity contribution in [2.45, 2.75) is 41.6 Å². The van der Waals surface area contributed by atoms with Crippen LogP contribution in [0.1, 0.15) is 42.1 Å². The summed E-state index contributed by atoms with van der Waals surface area (Å²) in [4.78, 5) is 11.5. The highest BCUT2D eigenvalue weighted by Crippen LogP contribution is 2.32. The average molecular weight is 518 g/mol. The molecule has 35 heavy (non-hydrogen) atoms. The molecule has 0 aliphatic heterocycles. The van der Waals surface area contributed by atoms with Gasteiger partial charge in [-0.15, -0.1) is 0 Å². The number of carbonyl (C=O) groups is 1. The molecule has 186 valence electrons. The Morgan fingerprint density at radius 1 is 1.03 bits per heavy atom. The quantitative estimate of drug-likeness (QED) is 0.279. The molecule has 0 aliphatic carbocycles. The van der Waals surface area contributed by atoms with Gasteiger partial charge in [-0.3, -0.25) is 4.79 Å². The molecule has 3 aromatic rings. The molecule has 0 saturated heterocycles. The van der Waals surface area contributed by atoms with Crippen LogP contribution in [-0.4, -0.2) is 42.8 Å². The number of hydrogen-bond acceptors (Lipinski definition) is 6. The molecular weight excluding hydrogens is 490 g/mol. The molecule has 2 atom stereocenters. The number of phenols is 1. The fourth-order valence-corrected chi connectivity index (χ4v) is 5.28. The van der Waals surface area contributed by atoms with Crippen molar-refractivity contribution in [3.63, 3.8) is 0 Å². The number of halogens is 1. The average Bonchev–Trinajstić information content (AvgIpc) is 2.83. The predicted octanol–water partition coefficient (Wildman–Crippen LogP) is 4.32. The van der Waals surface area contributed by atoms with Gasteiger partial charge in [-0.2, -0.15) is 0 Å². The summed E-state index contributed by atoms with van der Waals surface area (Å²) in [6.07, 6.45) is 0.151. The number of phenolic OH excluding ortho intramolecular Hbond substituents is 1. The maximum absolute atomic E-state index is 13.1. The van der Waals surface area contributed by atoms with Crippen LogP contribution in [-0.2, 0) is 21.1 Å². The molecule has 9 heteroatoms. The van der Waals surface area contributed by atoms with E-state index in [0.717, 1.165) is 11.1 Å². The molecule has 0 aliphatic rings. The Kier molecular flexibility index (Phi) is 8.91. The van der Waals surface area contributed by atoms with E-state index in [2.05, 4.69) is 5.32 Å². The normalized spacial score (nSPS) is 13.3. The lowest BCUT2D eigenvalue weighted by Gasteiger charge is -2.14. The summed E-state index contributed by atoms with van der Waals surface area (Å²) in [5.74, 6) is -2.38. The summed E-state index contributed by atoms with van der Waals surface area (Å²) in [6.45, 7) is 2.59. The summed E-state index contributed by atoms with van der Waals surface area (Å²) in [5.41, 5.74) is 1.71. The van der Waals surface area contributed by atoms with E-state index in [9.17, 15) is 28.5 Å². The van der Waals surface area contributed by atoms with Gasteiger partial charge in [0.05, 0.1) is 21.8 Å². The van der Waals surface area contributed by atoms with E-state index >= 15 is 0 Å². The standard InChI is InChI=1S/C26H28ClNO6S/c1-2-22(26(31)32)23-15-21(10-11-24(23)29)35(33,34)20-8-6-17(7-9-20)12-13-28-16-25(30)18-4-3-5-19(27)14-18/h3-11,14-15,22,25,28-30H,2,12-13,16H2,1H3,(H,31,32)/t22?,25-/m0/s1. The first-order valence-electron chi connectivity index (χ1n) is 11.2. The van der Waals surface area contributed by atoms with E-state index in [-0.39, 0.29) is 27.5 Å². The molecule has 0 aromatic heterocycles. The predicted molar refractivity (Wildman–Crippen MR) is 134 cm³/mol. The minimum Gasteiger partial charge on any atom is -0.508 e. The molecule has 0 saturated carbocycles. The first-order chi connectivity index (χ1) is 16.6. The number of aliphatic carboxylic acids is 1. The number of carboxylic acid groups (broad SMARTS) is 1. The number of carboxylic acids is 1. The molecule has 1 unspecified atom stereocenters. The fraction of sp³-hybridized carbons (Fsp3) is 0.269. The molecule has 4 N–H and O–H groups in total. The van der Waals surface area contributed by atoms with Crippen molar-refractivity contribution < 1.29 is 28.5 Å². The lowest BCUT2D eigenvalue weighted by molar-refractivity contribution is -0.138. The van der Waals surface area contributed by atoms with Crippen molar-refractivity contribution in [1.82, 2.24) is 5.32 Å². The van der Waals surface area contributed by atoms with Crippen molar-refractivity contribution in [3.05, 3.63) is 88.4 Å². The Hall–Kier alpha value is -2.91. The maximum atomic E-state index is 13.1. The Morgan fingerprint density at radius 3 is 2.34 bits per heavy atom. The second-order valence-electron chi connectivity index (χ2n) is 8.19. The number of hydrogen-bond donors (Lipinski definition) is 4.